The van der Waals surface area contributed by atoms with Crippen LogP contribution in [0.2, 0.25) is 0 Å². The van der Waals surface area contributed by atoms with Crippen molar-refractivity contribution in [3.8, 4) is 0 Å². The number of carbonyl (C=O) groups is 1. The number of rotatable bonds is 42. The predicted octanol–water partition coefficient (Wildman–Crippen LogP) is 1.81. The smallest absolute Gasteiger partial charge is 0.307 e. The van der Waals surface area contributed by atoms with Crippen molar-refractivity contribution in [1.29, 1.82) is 0 Å². The summed E-state index contributed by atoms with van der Waals surface area (Å²) in [7, 11) is 1.35. The third-order valence-electron chi connectivity index (χ3n) is 6.24. The monoisotopic (exact) mass is 702 g/mol. The third-order valence-corrected chi connectivity index (χ3v) is 6.24. The zero-order chi connectivity index (χ0) is 34.9. The molecule has 0 saturated carbocycles. The van der Waals surface area contributed by atoms with E-state index >= 15 is 0 Å². The summed E-state index contributed by atoms with van der Waals surface area (Å²) in [6.45, 7) is 17.7. The van der Waals surface area contributed by atoms with Gasteiger partial charge in [0, 0.05) is 6.61 Å². The van der Waals surface area contributed by atoms with Gasteiger partial charge in [0.25, 0.3) is 0 Å². The van der Waals surface area contributed by atoms with Gasteiger partial charge >= 0.3 is 5.97 Å². The second-order valence-corrected chi connectivity index (χ2v) is 10.3. The number of hydrogen-bond donors (Lipinski definition) is 0. The van der Waals surface area contributed by atoms with Crippen LogP contribution in [0, 0.1) is 5.92 Å². The minimum Gasteiger partial charge on any atom is -0.469 e. The van der Waals surface area contributed by atoms with E-state index in [-0.39, 0.29) is 12.4 Å². The number of methoxy groups -OCH3 is 1. The Balaban J connectivity index is 3.06. The van der Waals surface area contributed by atoms with Crippen LogP contribution in [-0.4, -0.2) is 185 Å². The van der Waals surface area contributed by atoms with E-state index in [4.69, 9.17) is 61.6 Å². The molecule has 0 saturated heterocycles. The van der Waals surface area contributed by atoms with Crippen LogP contribution in [0.3, 0.4) is 0 Å². The van der Waals surface area contributed by atoms with Crippen molar-refractivity contribution in [3.05, 3.63) is 0 Å². The Labute approximate surface area is 288 Å². The minimum atomic E-state index is -0.286. The quantitative estimate of drug-likeness (QED) is 0.0673. The van der Waals surface area contributed by atoms with Gasteiger partial charge in [0.1, 0.15) is 0 Å². The topological polar surface area (TPSA) is 146 Å². The molecule has 1 unspecified atom stereocenters. The molecule has 0 heterocycles. The molecule has 0 N–H and O–H groups in total. The lowest BCUT2D eigenvalue weighted by atomic mass is 10.1. The first-order chi connectivity index (χ1) is 23.7. The summed E-state index contributed by atoms with van der Waals surface area (Å²) in [5.41, 5.74) is 0. The second kappa shape index (κ2) is 42.1. The van der Waals surface area contributed by atoms with Gasteiger partial charge in [0.2, 0.25) is 0 Å². The van der Waals surface area contributed by atoms with Crippen LogP contribution in [-0.2, 0) is 71.1 Å². The molecule has 0 rings (SSSR count). The van der Waals surface area contributed by atoms with Crippen LogP contribution < -0.4 is 0 Å². The highest BCUT2D eigenvalue weighted by Gasteiger charge is 2.00. The lowest BCUT2D eigenvalue weighted by molar-refractivity contribution is -0.141. The van der Waals surface area contributed by atoms with Gasteiger partial charge in [-0.3, -0.25) is 4.79 Å². The zero-order valence-electron chi connectivity index (χ0n) is 30.0. The molecular formula is C33H66O15. The molecule has 0 aliphatic carbocycles. The Morgan fingerprint density at radius 3 is 0.792 bits per heavy atom. The van der Waals surface area contributed by atoms with Gasteiger partial charge in [-0.1, -0.05) is 20.3 Å². The molecule has 48 heavy (non-hydrogen) atoms. The molecular weight excluding hydrogens is 636 g/mol. The number of ether oxygens (including phenoxy) is 14. The molecule has 0 aromatic carbocycles. The molecule has 15 heteroatoms. The SMILES string of the molecule is CCC(C)COCCOCCOCCOCCOCCOCCOCCOCCOCCOCCOCCOCCOCCC(=O)OC. The number of hydrogen-bond acceptors (Lipinski definition) is 15. The van der Waals surface area contributed by atoms with Gasteiger partial charge in [-0.05, 0) is 5.92 Å². The molecule has 15 nitrogen and oxygen atoms in total. The number of carbonyl (C=O) groups excluding carboxylic acids is 1. The molecule has 0 bridgehead atoms. The van der Waals surface area contributed by atoms with Crippen LogP contribution in [0.4, 0.5) is 0 Å². The van der Waals surface area contributed by atoms with Gasteiger partial charge in [-0.15, -0.1) is 0 Å². The first-order valence-corrected chi connectivity index (χ1v) is 17.3. The van der Waals surface area contributed by atoms with E-state index in [1.165, 1.54) is 7.11 Å². The summed E-state index contributed by atoms with van der Waals surface area (Å²) < 4.78 is 75.4. The molecule has 288 valence electrons. The van der Waals surface area contributed by atoms with Crippen molar-refractivity contribution in [1.82, 2.24) is 0 Å². The zero-order valence-corrected chi connectivity index (χ0v) is 30.0. The summed E-state index contributed by atoms with van der Waals surface area (Å²) in [5, 5.41) is 0. The molecule has 0 fully saturated rings. The lowest BCUT2D eigenvalue weighted by Crippen LogP contribution is -2.15. The largest absolute Gasteiger partial charge is 0.469 e. The van der Waals surface area contributed by atoms with Gasteiger partial charge in [-0.25, -0.2) is 0 Å². The Kier molecular flexibility index (Phi) is 41.2. The third kappa shape index (κ3) is 41.1. The van der Waals surface area contributed by atoms with Crippen molar-refractivity contribution in [2.75, 3.05) is 179 Å². The highest BCUT2D eigenvalue weighted by atomic mass is 16.6. The van der Waals surface area contributed by atoms with E-state index in [1.807, 2.05) is 0 Å². The molecule has 0 aromatic heterocycles. The fourth-order valence-electron chi connectivity index (χ4n) is 3.30. The average Bonchev–Trinajstić information content (AvgIpc) is 3.10. The van der Waals surface area contributed by atoms with Crippen molar-refractivity contribution in [2.45, 2.75) is 26.7 Å². The fourth-order valence-corrected chi connectivity index (χ4v) is 3.30. The molecule has 0 spiro atoms. The first kappa shape index (κ1) is 47.0. The maximum atomic E-state index is 10.9. The molecule has 0 aliphatic rings. The maximum absolute atomic E-state index is 10.9. The Morgan fingerprint density at radius 2 is 0.583 bits per heavy atom. The Morgan fingerprint density at radius 1 is 0.375 bits per heavy atom. The molecule has 0 aliphatic heterocycles. The van der Waals surface area contributed by atoms with E-state index < -0.39 is 0 Å². The number of esters is 1. The van der Waals surface area contributed by atoms with E-state index in [0.29, 0.717) is 171 Å². The van der Waals surface area contributed by atoms with Gasteiger partial charge in [-0.2, -0.15) is 0 Å². The first-order valence-electron chi connectivity index (χ1n) is 17.3. The van der Waals surface area contributed by atoms with Gasteiger partial charge in [0.05, 0.1) is 179 Å². The fraction of sp³-hybridized carbons (Fsp3) is 0.970. The minimum absolute atomic E-state index is 0.244. The van der Waals surface area contributed by atoms with E-state index in [1.54, 1.807) is 0 Å². The van der Waals surface area contributed by atoms with E-state index in [9.17, 15) is 4.79 Å². The van der Waals surface area contributed by atoms with Crippen LogP contribution in [0.15, 0.2) is 0 Å². The van der Waals surface area contributed by atoms with E-state index in [0.717, 1.165) is 13.0 Å². The highest BCUT2D eigenvalue weighted by Crippen LogP contribution is 2.00. The standard InChI is InChI=1S/C33H66O15/c1-4-32(2)31-48-30-29-47-28-27-46-26-25-45-24-23-44-22-21-43-20-19-42-18-17-41-16-15-40-14-13-39-12-11-38-10-9-37-8-7-36-6-5-33(34)35-3/h32H,4-31H2,1-3H3. The Hall–Kier alpha value is -1.05. The highest BCUT2D eigenvalue weighted by molar-refractivity contribution is 5.69. The normalized spacial score (nSPS) is 12.1. The summed E-state index contributed by atoms with van der Waals surface area (Å²) in [4.78, 5) is 10.9. The second-order valence-electron chi connectivity index (χ2n) is 10.3. The van der Waals surface area contributed by atoms with Crippen molar-refractivity contribution in [3.63, 3.8) is 0 Å². The van der Waals surface area contributed by atoms with Crippen molar-refractivity contribution >= 4 is 5.97 Å². The molecule has 0 radical (unpaired) electrons. The van der Waals surface area contributed by atoms with Crippen LogP contribution >= 0.6 is 0 Å². The summed E-state index contributed by atoms with van der Waals surface area (Å²) >= 11 is 0. The Bertz CT molecular complexity index is 618. The molecule has 0 amide bonds. The van der Waals surface area contributed by atoms with Crippen LogP contribution in [0.5, 0.6) is 0 Å². The summed E-state index contributed by atoms with van der Waals surface area (Å²) in [6, 6.07) is 0. The molecule has 0 aromatic rings. The predicted molar refractivity (Wildman–Crippen MR) is 177 cm³/mol. The van der Waals surface area contributed by atoms with Gasteiger partial charge in [0.15, 0.2) is 0 Å². The van der Waals surface area contributed by atoms with Gasteiger partial charge < -0.3 is 66.3 Å². The van der Waals surface area contributed by atoms with Crippen LogP contribution in [0.1, 0.15) is 26.7 Å². The van der Waals surface area contributed by atoms with E-state index in [2.05, 4.69) is 18.6 Å². The summed E-state index contributed by atoms with van der Waals surface area (Å²) in [6.07, 6.45) is 1.37. The molecule has 1 atom stereocenters. The average molecular weight is 703 g/mol. The van der Waals surface area contributed by atoms with Crippen LogP contribution in [0.25, 0.3) is 0 Å². The van der Waals surface area contributed by atoms with Crippen molar-refractivity contribution < 1.29 is 71.1 Å². The van der Waals surface area contributed by atoms with Crippen molar-refractivity contribution in [2.24, 2.45) is 5.92 Å². The summed E-state index contributed by atoms with van der Waals surface area (Å²) in [5.74, 6) is 0.308. The maximum Gasteiger partial charge on any atom is 0.307 e. The lowest BCUT2D eigenvalue weighted by Gasteiger charge is -2.10.